The molecule has 3 aliphatic heterocycles. The lowest BCUT2D eigenvalue weighted by molar-refractivity contribution is -0.137. The summed E-state index contributed by atoms with van der Waals surface area (Å²) in [6.07, 6.45) is -0.166. The van der Waals surface area contributed by atoms with E-state index in [9.17, 15) is 54.3 Å². The van der Waals surface area contributed by atoms with Crippen LogP contribution in [-0.4, -0.2) is 232 Å². The van der Waals surface area contributed by atoms with Gasteiger partial charge in [-0.1, -0.05) is 106 Å². The normalized spacial score (nSPS) is 16.5. The highest BCUT2D eigenvalue weighted by molar-refractivity contribution is 7.91. The van der Waals surface area contributed by atoms with Crippen molar-refractivity contribution in [2.24, 2.45) is 0 Å². The van der Waals surface area contributed by atoms with Crippen LogP contribution >= 0.6 is 69.6 Å². The Kier molecular flexibility index (Phi) is 38.2. The number of nitrogens with one attached hydrogen (secondary N) is 5. The van der Waals surface area contributed by atoms with Crippen LogP contribution in [0.15, 0.2) is 124 Å². The number of likely N-dealkylation sites (N-methyl/N-ethyl adjacent to an activating group) is 3. The summed E-state index contributed by atoms with van der Waals surface area (Å²) >= 11 is 39.0. The smallest absolute Gasteiger partial charge is 0.303 e. The van der Waals surface area contributed by atoms with Gasteiger partial charge >= 0.3 is 5.97 Å². The van der Waals surface area contributed by atoms with Crippen LogP contribution in [0.25, 0.3) is 0 Å². The summed E-state index contributed by atoms with van der Waals surface area (Å²) in [6.45, 7) is 5.48. The Bertz CT molecular complexity index is 4330. The van der Waals surface area contributed by atoms with Crippen LogP contribution in [0, 0.1) is 0 Å². The van der Waals surface area contributed by atoms with Crippen molar-refractivity contribution in [1.29, 1.82) is 0 Å². The number of hydrogen-bond acceptors (Lipinski definition) is 20. The SMILES string of the molecule is CN1Cc2c(Cl)cc(Cl)cc2[C@H](c2cccc(S(=O)(=O)CCCOCCOCCNC(=O)CCC(CCC(=O)CCCOCCOCCNS(=O)(=O)c3cccc([C@@H]4CN(C)Cc5c(Cl)cc(Cl)cc54)c3)(CCC(=O)NCCOCCOCCNS(=O)(=O)c3cccc([C@@H]4CN(C)Cc5c(Cl)cc(Cl)cc54)c3)NC(=O)CCCC(=O)O)c2)C1. The lowest BCUT2D eigenvalue weighted by Gasteiger charge is -2.35. The number of rotatable bonds is 51. The Balaban J connectivity index is 0.709. The molecule has 3 amide bonds. The van der Waals surface area contributed by atoms with Crippen LogP contribution in [0.2, 0.25) is 30.1 Å². The molecule has 4 atom stereocenters. The van der Waals surface area contributed by atoms with Gasteiger partial charge in [0.15, 0.2) is 9.84 Å². The van der Waals surface area contributed by atoms with E-state index in [0.717, 1.165) is 50.1 Å². The Morgan fingerprint density at radius 3 is 1.19 bits per heavy atom. The van der Waals surface area contributed by atoms with E-state index in [1.54, 1.807) is 60.7 Å². The van der Waals surface area contributed by atoms with Crippen LogP contribution < -0.4 is 25.4 Å². The van der Waals surface area contributed by atoms with Crippen LogP contribution in [0.5, 0.6) is 0 Å². The zero-order chi connectivity index (χ0) is 85.0. The first-order valence-corrected chi connectivity index (χ1v) is 46.3. The van der Waals surface area contributed by atoms with Gasteiger partial charge in [0.1, 0.15) is 5.78 Å². The maximum atomic E-state index is 13.7. The first-order chi connectivity index (χ1) is 56.4. The van der Waals surface area contributed by atoms with E-state index in [1.165, 1.54) is 12.1 Å². The summed E-state index contributed by atoms with van der Waals surface area (Å²) in [4.78, 5) is 72.9. The molecule has 1 unspecified atom stereocenters. The van der Waals surface area contributed by atoms with Gasteiger partial charge in [0.25, 0.3) is 0 Å². The molecule has 9 rings (SSSR count). The van der Waals surface area contributed by atoms with Gasteiger partial charge in [0.2, 0.25) is 37.8 Å². The van der Waals surface area contributed by atoms with E-state index in [0.29, 0.717) is 75.8 Å². The molecule has 0 aromatic heterocycles. The molecule has 0 saturated carbocycles. The number of nitrogens with zero attached hydrogens (tertiary/aromatic N) is 3. The minimum atomic E-state index is -3.92. The van der Waals surface area contributed by atoms with Crippen molar-refractivity contribution in [2.45, 2.75) is 135 Å². The Morgan fingerprint density at radius 1 is 0.415 bits per heavy atom. The molecule has 646 valence electrons. The Hall–Kier alpha value is -5.98. The topological polar surface area (TPSA) is 333 Å². The molecule has 6 aromatic rings. The third-order valence-electron chi connectivity index (χ3n) is 20.8. The zero-order valence-electron chi connectivity index (χ0n) is 66.6. The molecular weight excluding hydrogens is 1710 g/mol. The van der Waals surface area contributed by atoms with E-state index >= 15 is 0 Å². The van der Waals surface area contributed by atoms with Crippen molar-refractivity contribution in [3.8, 4) is 0 Å². The number of ketones is 1. The monoisotopic (exact) mass is 1810 g/mol. The number of sulfone groups is 1. The molecule has 3 heterocycles. The molecule has 26 nitrogen and oxygen atoms in total. The Labute approximate surface area is 722 Å². The predicted octanol–water partition coefficient (Wildman–Crippen LogP) is 11.6. The van der Waals surface area contributed by atoms with E-state index in [4.69, 9.17) is 98.0 Å². The molecule has 0 spiro atoms. The summed E-state index contributed by atoms with van der Waals surface area (Å²) < 4.78 is 120. The number of fused-ring (bicyclic) bond motifs is 3. The zero-order valence-corrected chi connectivity index (χ0v) is 73.6. The highest BCUT2D eigenvalue weighted by Crippen LogP contribution is 2.43. The second kappa shape index (κ2) is 47.0. The Morgan fingerprint density at radius 2 is 0.780 bits per heavy atom. The number of carbonyl (C=O) groups is 5. The van der Waals surface area contributed by atoms with E-state index in [2.05, 4.69) is 40.1 Å². The largest absolute Gasteiger partial charge is 0.481 e. The maximum absolute atomic E-state index is 13.7. The van der Waals surface area contributed by atoms with Gasteiger partial charge in [-0.3, -0.25) is 24.0 Å². The van der Waals surface area contributed by atoms with Gasteiger partial charge in [-0.05, 0) is 183 Å². The molecule has 3 aliphatic rings. The molecule has 6 N–H and O–H groups in total. The van der Waals surface area contributed by atoms with Crippen LogP contribution in [0.3, 0.4) is 0 Å². The highest BCUT2D eigenvalue weighted by Gasteiger charge is 2.36. The number of halogens is 6. The summed E-state index contributed by atoms with van der Waals surface area (Å²) in [5.74, 6) is -3.23. The number of carbonyl (C=O) groups excluding carboxylic acids is 4. The fourth-order valence-electron chi connectivity index (χ4n) is 14.8. The number of Topliss-reactive ketones (excluding diaryl/α,β-unsaturated/α-hetero) is 1. The summed E-state index contributed by atoms with van der Waals surface area (Å²) in [5.41, 5.74) is 6.88. The molecule has 0 saturated heterocycles. The fourth-order valence-corrected chi connectivity index (χ4v) is 20.0. The van der Waals surface area contributed by atoms with Crippen LogP contribution in [0.1, 0.15) is 145 Å². The predicted molar refractivity (Wildman–Crippen MR) is 456 cm³/mol. The van der Waals surface area contributed by atoms with Crippen molar-refractivity contribution in [3.63, 3.8) is 0 Å². The van der Waals surface area contributed by atoms with E-state index < -0.39 is 59.1 Å². The van der Waals surface area contributed by atoms with Gasteiger partial charge in [-0.25, -0.2) is 34.7 Å². The summed E-state index contributed by atoms with van der Waals surface area (Å²) in [5, 5.41) is 21.2. The molecule has 6 aromatic carbocycles. The third-order valence-corrected chi connectivity index (χ3v) is 27.1. The van der Waals surface area contributed by atoms with Crippen LogP contribution in [0.4, 0.5) is 0 Å². The van der Waals surface area contributed by atoms with Gasteiger partial charge in [-0.2, -0.15) is 0 Å². The molecule has 118 heavy (non-hydrogen) atoms. The number of sulfonamides is 2. The van der Waals surface area contributed by atoms with Gasteiger partial charge in [-0.15, -0.1) is 0 Å². The second-order valence-electron chi connectivity index (χ2n) is 29.9. The number of carboxylic acids is 1. The molecule has 0 bridgehead atoms. The fraction of sp³-hybridized carbons (Fsp3) is 0.506. The van der Waals surface area contributed by atoms with Gasteiger partial charge in [0, 0.05) is 171 Å². The number of aliphatic carboxylic acids is 1. The standard InChI is InChI=1S/C83H106Cl6N8O18S3/c1-95-51-70(67-45-60(84)48-76(87)73(67)54-95)57-10-4-14-64(42-57)116(104,105)41-9-30-111-36-37-112-31-25-90-79(99)20-23-83(94-81(101)17-7-18-82(102)103,22-19-63(98)13-8-29-110-35-38-114-33-27-92-117(106,107)65-15-5-11-58(43-65)71-52-96(2)55-74-68(71)46-61(85)49-77(74)88)24-21-80(100)91-26-32-113-39-40-115-34-28-93-118(108,109)66-16-6-12-59(44-66)72-53-97(3)56-75-69(72)47-62(86)50-78(75)89/h4-6,10-12,14-16,42-50,70-72,92-93H,7-9,13,17-41,51-56H2,1-3H3,(H,90,99)(H,91,100)(H,94,101)(H,102,103)/t70-,71-,72-,83?/m0/s1. The number of ether oxygens (including phenoxy) is 6. The lowest BCUT2D eigenvalue weighted by atomic mass is 9.82. The number of carboxylic acid groups (broad SMARTS) is 1. The first-order valence-electron chi connectivity index (χ1n) is 39.4. The molecule has 0 aliphatic carbocycles. The summed E-state index contributed by atoms with van der Waals surface area (Å²) in [6, 6.07) is 31.3. The minimum absolute atomic E-state index is 0.00556. The van der Waals surface area contributed by atoms with Crippen molar-refractivity contribution >= 4 is 129 Å². The highest BCUT2D eigenvalue weighted by atomic mass is 35.5. The van der Waals surface area contributed by atoms with Crippen LogP contribution in [-0.2, 0) is 102 Å². The average Bonchev–Trinajstić information content (AvgIpc) is 0.780. The van der Waals surface area contributed by atoms with Crippen molar-refractivity contribution in [3.05, 3.63) is 189 Å². The van der Waals surface area contributed by atoms with E-state index in [-0.39, 0.29) is 220 Å². The quantitative estimate of drug-likeness (QED) is 0.0193. The first kappa shape index (κ1) is 95.8. The molecule has 0 fully saturated rings. The minimum Gasteiger partial charge on any atom is -0.481 e. The molecule has 35 heteroatoms. The average molecular weight is 1810 g/mol. The van der Waals surface area contributed by atoms with Gasteiger partial charge < -0.3 is 64.2 Å². The van der Waals surface area contributed by atoms with Crippen molar-refractivity contribution < 1.29 is 82.8 Å². The summed E-state index contributed by atoms with van der Waals surface area (Å²) in [7, 11) is -5.56. The lowest BCUT2D eigenvalue weighted by Crippen LogP contribution is -2.50. The van der Waals surface area contributed by atoms with E-state index in [1.807, 2.05) is 57.5 Å². The number of hydrogen-bond donors (Lipinski definition) is 6. The maximum Gasteiger partial charge on any atom is 0.303 e. The third kappa shape index (κ3) is 29.9. The van der Waals surface area contributed by atoms with Gasteiger partial charge in [0.05, 0.1) is 86.5 Å². The number of benzene rings is 6. The van der Waals surface area contributed by atoms with Crippen molar-refractivity contribution in [1.82, 2.24) is 40.1 Å². The molecule has 0 radical (unpaired) electrons. The number of amides is 3. The van der Waals surface area contributed by atoms with Crippen molar-refractivity contribution in [2.75, 3.05) is 152 Å². The second-order valence-corrected chi connectivity index (χ2v) is 38.1. The molecular formula is C83H106Cl6N8O18S3.